The van der Waals surface area contributed by atoms with Crippen LogP contribution >= 0.6 is 27.7 Å². The Bertz CT molecular complexity index is 990. The number of amidine groups is 1. The van der Waals surface area contributed by atoms with Gasteiger partial charge in [0.1, 0.15) is 11.5 Å². The summed E-state index contributed by atoms with van der Waals surface area (Å²) >= 11 is 4.80. The Balaban J connectivity index is 1.45. The minimum atomic E-state index is -0.266. The molecule has 0 radical (unpaired) electrons. The van der Waals surface area contributed by atoms with Gasteiger partial charge in [0, 0.05) is 35.1 Å². The third-order valence-corrected chi connectivity index (χ3v) is 6.32. The van der Waals surface area contributed by atoms with E-state index in [0.717, 1.165) is 15.8 Å². The molecule has 0 atom stereocenters. The second kappa shape index (κ2) is 7.97. The zero-order valence-corrected chi connectivity index (χ0v) is 17.3. The lowest BCUT2D eigenvalue weighted by Gasteiger charge is -2.31. The van der Waals surface area contributed by atoms with Gasteiger partial charge < -0.3 is 15.1 Å². The van der Waals surface area contributed by atoms with Crippen molar-refractivity contribution in [3.05, 3.63) is 51.5 Å². The molecule has 1 fully saturated rings. The Labute approximate surface area is 175 Å². The first kappa shape index (κ1) is 19.0. The first-order chi connectivity index (χ1) is 13.5. The van der Waals surface area contributed by atoms with E-state index in [1.165, 1.54) is 11.8 Å². The summed E-state index contributed by atoms with van der Waals surface area (Å²) in [4.78, 5) is 30.3. The van der Waals surface area contributed by atoms with Gasteiger partial charge in [-0.3, -0.25) is 9.59 Å². The predicted octanol–water partition coefficient (Wildman–Crippen LogP) is 3.88. The predicted molar refractivity (Wildman–Crippen MR) is 113 cm³/mol. The highest BCUT2D eigenvalue weighted by Crippen LogP contribution is 2.33. The summed E-state index contributed by atoms with van der Waals surface area (Å²) in [5, 5.41) is 0.679. The Morgan fingerprint density at radius 1 is 1.29 bits per heavy atom. The molecule has 2 aromatic rings. The summed E-state index contributed by atoms with van der Waals surface area (Å²) in [6.45, 7) is 1.35. The maximum absolute atomic E-state index is 12.3. The molecule has 4 rings (SSSR count). The number of nitrogens with two attached hydrogens (primary N) is 1. The van der Waals surface area contributed by atoms with Crippen LogP contribution < -0.4 is 5.73 Å². The maximum Gasteiger partial charge on any atom is 0.286 e. The number of furan rings is 1. The van der Waals surface area contributed by atoms with E-state index in [2.05, 4.69) is 20.9 Å². The number of piperidine rings is 1. The highest BCUT2D eigenvalue weighted by molar-refractivity contribution is 9.10. The molecule has 0 unspecified atom stereocenters. The normalized spacial score (nSPS) is 19.3. The average Bonchev–Trinajstić information content (AvgIpc) is 3.29. The number of aliphatic imine (C=N–C) groups is 1. The van der Waals surface area contributed by atoms with Crippen molar-refractivity contribution in [2.75, 3.05) is 13.1 Å². The monoisotopic (exact) mass is 459 g/mol. The zero-order chi connectivity index (χ0) is 19.7. The molecular formula is C20H18BrN3O3S. The molecule has 2 amide bonds. The van der Waals surface area contributed by atoms with Gasteiger partial charge in [-0.15, -0.1) is 0 Å². The molecule has 2 N–H and O–H groups in total. The number of hydrogen-bond acceptors (Lipinski definition) is 5. The molecular weight excluding hydrogens is 442 g/mol. The number of rotatable bonds is 3. The molecule has 2 aliphatic rings. The van der Waals surface area contributed by atoms with Gasteiger partial charge in [-0.05, 0) is 48.9 Å². The van der Waals surface area contributed by atoms with Gasteiger partial charge in [-0.2, -0.15) is 4.99 Å². The van der Waals surface area contributed by atoms with E-state index in [1.54, 1.807) is 6.08 Å². The minimum absolute atomic E-state index is 0.0893. The van der Waals surface area contributed by atoms with Crippen LogP contribution in [0.4, 0.5) is 0 Å². The van der Waals surface area contributed by atoms with Crippen molar-refractivity contribution >= 4 is 50.7 Å². The summed E-state index contributed by atoms with van der Waals surface area (Å²) in [6, 6.07) is 11.6. The Morgan fingerprint density at radius 3 is 2.79 bits per heavy atom. The van der Waals surface area contributed by atoms with E-state index in [-0.39, 0.29) is 17.7 Å². The number of likely N-dealkylation sites (tertiary alicyclic amines) is 1. The second-order valence-electron chi connectivity index (χ2n) is 6.69. The highest BCUT2D eigenvalue weighted by atomic mass is 79.9. The van der Waals surface area contributed by atoms with E-state index < -0.39 is 0 Å². The van der Waals surface area contributed by atoms with Gasteiger partial charge in [0.15, 0.2) is 5.17 Å². The van der Waals surface area contributed by atoms with E-state index >= 15 is 0 Å². The molecule has 1 aromatic carbocycles. The van der Waals surface area contributed by atoms with Crippen molar-refractivity contribution in [2.24, 2.45) is 16.6 Å². The van der Waals surface area contributed by atoms with Crippen molar-refractivity contribution < 1.29 is 14.0 Å². The SMILES string of the molecule is NC(=O)C1CCN(C2=NC(=O)/C(=C\c3ccc(-c4cccc(Br)c4)o3)S2)CC1. The van der Waals surface area contributed by atoms with Crippen molar-refractivity contribution in [1.82, 2.24) is 4.90 Å². The number of carbonyl (C=O) groups excluding carboxylic acids is 2. The van der Waals surface area contributed by atoms with Crippen LogP contribution in [0.25, 0.3) is 17.4 Å². The van der Waals surface area contributed by atoms with Crippen molar-refractivity contribution in [3.63, 3.8) is 0 Å². The number of halogens is 1. The van der Waals surface area contributed by atoms with Crippen molar-refractivity contribution in [2.45, 2.75) is 12.8 Å². The fourth-order valence-corrected chi connectivity index (χ4v) is 4.59. The molecule has 2 aliphatic heterocycles. The number of thioether (sulfide) groups is 1. The van der Waals surface area contributed by atoms with Crippen LogP contribution in [0.3, 0.4) is 0 Å². The van der Waals surface area contributed by atoms with Crippen LogP contribution in [0.5, 0.6) is 0 Å². The lowest BCUT2D eigenvalue weighted by atomic mass is 9.97. The molecule has 1 saturated heterocycles. The number of benzene rings is 1. The van der Waals surface area contributed by atoms with E-state index in [9.17, 15) is 9.59 Å². The largest absolute Gasteiger partial charge is 0.457 e. The Morgan fingerprint density at radius 2 is 2.07 bits per heavy atom. The fraction of sp³-hybridized carbons (Fsp3) is 0.250. The summed E-state index contributed by atoms with van der Waals surface area (Å²) in [6.07, 6.45) is 3.10. The third kappa shape index (κ3) is 4.07. The summed E-state index contributed by atoms with van der Waals surface area (Å²) in [5.41, 5.74) is 6.34. The van der Waals surface area contributed by atoms with Gasteiger partial charge >= 0.3 is 0 Å². The Kier molecular flexibility index (Phi) is 5.41. The van der Waals surface area contributed by atoms with Crippen LogP contribution in [0.15, 0.2) is 55.2 Å². The molecule has 0 saturated carbocycles. The summed E-state index contributed by atoms with van der Waals surface area (Å²) in [5.74, 6) is 0.732. The van der Waals surface area contributed by atoms with Gasteiger partial charge in [0.2, 0.25) is 5.91 Å². The fourth-order valence-electron chi connectivity index (χ4n) is 3.25. The second-order valence-corrected chi connectivity index (χ2v) is 8.61. The summed E-state index contributed by atoms with van der Waals surface area (Å²) in [7, 11) is 0. The van der Waals surface area contributed by atoms with Crippen LogP contribution in [-0.2, 0) is 9.59 Å². The third-order valence-electron chi connectivity index (χ3n) is 4.79. The molecule has 28 heavy (non-hydrogen) atoms. The number of hydrogen-bond donors (Lipinski definition) is 1. The maximum atomic E-state index is 12.3. The quantitative estimate of drug-likeness (QED) is 0.703. The number of amides is 2. The van der Waals surface area contributed by atoms with Crippen LogP contribution in [0.2, 0.25) is 0 Å². The molecule has 3 heterocycles. The molecule has 6 nitrogen and oxygen atoms in total. The van der Waals surface area contributed by atoms with Gasteiger partial charge in [0.05, 0.1) is 4.91 Å². The molecule has 0 aliphatic carbocycles. The summed E-state index contributed by atoms with van der Waals surface area (Å²) < 4.78 is 6.85. The molecule has 1 aromatic heterocycles. The number of primary amides is 1. The molecule has 144 valence electrons. The molecule has 0 bridgehead atoms. The standard InChI is InChI=1S/C20H18BrN3O3S/c21-14-3-1-2-13(10-14)16-5-4-15(27-16)11-17-19(26)23-20(28-17)24-8-6-12(7-9-24)18(22)25/h1-5,10-12H,6-9H2,(H2,22,25)/b17-11+. The zero-order valence-electron chi connectivity index (χ0n) is 14.9. The lowest BCUT2D eigenvalue weighted by Crippen LogP contribution is -2.40. The van der Waals surface area contributed by atoms with Gasteiger partial charge in [0.25, 0.3) is 5.91 Å². The van der Waals surface area contributed by atoms with Gasteiger partial charge in [-0.1, -0.05) is 28.1 Å². The smallest absolute Gasteiger partial charge is 0.286 e. The van der Waals surface area contributed by atoms with E-state index in [4.69, 9.17) is 10.2 Å². The van der Waals surface area contributed by atoms with E-state index in [0.29, 0.717) is 41.8 Å². The molecule has 8 heteroatoms. The minimum Gasteiger partial charge on any atom is -0.457 e. The first-order valence-electron chi connectivity index (χ1n) is 8.92. The number of carbonyl (C=O) groups is 2. The van der Waals surface area contributed by atoms with Crippen molar-refractivity contribution in [3.8, 4) is 11.3 Å². The Hall–Kier alpha value is -2.32. The first-order valence-corrected chi connectivity index (χ1v) is 10.5. The van der Waals surface area contributed by atoms with Crippen LogP contribution in [-0.4, -0.2) is 35.0 Å². The number of nitrogens with zero attached hydrogens (tertiary/aromatic N) is 2. The topological polar surface area (TPSA) is 88.9 Å². The average molecular weight is 460 g/mol. The lowest BCUT2D eigenvalue weighted by molar-refractivity contribution is -0.123. The highest BCUT2D eigenvalue weighted by Gasteiger charge is 2.30. The van der Waals surface area contributed by atoms with E-state index in [1.807, 2.05) is 41.3 Å². The molecule has 0 spiro atoms. The van der Waals surface area contributed by atoms with Crippen LogP contribution in [0.1, 0.15) is 18.6 Å². The van der Waals surface area contributed by atoms with Gasteiger partial charge in [-0.25, -0.2) is 0 Å². The van der Waals surface area contributed by atoms with Crippen LogP contribution in [0, 0.1) is 5.92 Å². The van der Waals surface area contributed by atoms with Crippen molar-refractivity contribution in [1.29, 1.82) is 0 Å².